The average Bonchev–Trinajstić information content (AvgIpc) is 2.69. The Morgan fingerprint density at radius 1 is 0.964 bits per heavy atom. The van der Waals surface area contributed by atoms with Crippen LogP contribution in [-0.4, -0.2) is 57.3 Å². The van der Waals surface area contributed by atoms with Crippen LogP contribution in [0.4, 0.5) is 0 Å². The van der Waals surface area contributed by atoms with Crippen LogP contribution >= 0.6 is 0 Å². The summed E-state index contributed by atoms with van der Waals surface area (Å²) < 4.78 is 26.5. The van der Waals surface area contributed by atoms with Gasteiger partial charge in [0.25, 0.3) is 5.91 Å². The molecule has 1 atom stereocenters. The number of carbonyl (C=O) groups is 1. The van der Waals surface area contributed by atoms with E-state index in [0.29, 0.717) is 25.2 Å². The molecule has 6 nitrogen and oxygen atoms in total. The monoisotopic (exact) mass is 403 g/mol. The summed E-state index contributed by atoms with van der Waals surface area (Å²) in [6.45, 7) is 4.88. The molecule has 152 valence electrons. The van der Waals surface area contributed by atoms with E-state index in [-0.39, 0.29) is 16.8 Å². The van der Waals surface area contributed by atoms with Crippen LogP contribution in [0.1, 0.15) is 35.8 Å². The lowest BCUT2D eigenvalue weighted by molar-refractivity contribution is 0.0942. The van der Waals surface area contributed by atoms with Crippen LogP contribution in [0.2, 0.25) is 0 Å². The van der Waals surface area contributed by atoms with E-state index in [9.17, 15) is 13.2 Å². The molecule has 0 fully saturated rings. The molecule has 7 heteroatoms. The van der Waals surface area contributed by atoms with Gasteiger partial charge in [-0.3, -0.25) is 4.79 Å². The molecule has 2 aromatic carbocycles. The number of rotatable bonds is 9. The van der Waals surface area contributed by atoms with E-state index >= 15 is 0 Å². The highest BCUT2D eigenvalue weighted by atomic mass is 32.2. The maximum absolute atomic E-state index is 12.5. The Hall–Kier alpha value is -2.22. The lowest BCUT2D eigenvalue weighted by Crippen LogP contribution is -2.34. The predicted octanol–water partition coefficient (Wildman–Crippen LogP) is 2.75. The third-order valence-electron chi connectivity index (χ3n) is 4.72. The van der Waals surface area contributed by atoms with Crippen molar-refractivity contribution in [3.63, 3.8) is 0 Å². The molecule has 28 heavy (non-hydrogen) atoms. The second kappa shape index (κ2) is 9.82. The molecule has 0 aliphatic carbocycles. The van der Waals surface area contributed by atoms with Crippen LogP contribution in [0.15, 0.2) is 59.5 Å². The predicted molar refractivity (Wildman–Crippen MR) is 112 cm³/mol. The summed E-state index contributed by atoms with van der Waals surface area (Å²) in [6, 6.07) is 16.1. The van der Waals surface area contributed by atoms with Crippen molar-refractivity contribution in [3.8, 4) is 0 Å². The van der Waals surface area contributed by atoms with Gasteiger partial charge in [0.15, 0.2) is 0 Å². The van der Waals surface area contributed by atoms with Crippen molar-refractivity contribution in [2.45, 2.75) is 24.8 Å². The van der Waals surface area contributed by atoms with Crippen molar-refractivity contribution in [1.82, 2.24) is 14.5 Å². The first kappa shape index (κ1) is 22.1. The molecule has 1 amide bonds. The molecule has 0 radical (unpaired) electrons. The Morgan fingerprint density at radius 2 is 1.54 bits per heavy atom. The number of likely N-dealkylation sites (N-methyl/N-ethyl adjacent to an activating group) is 1. The molecule has 1 unspecified atom stereocenters. The highest BCUT2D eigenvalue weighted by molar-refractivity contribution is 7.89. The lowest BCUT2D eigenvalue weighted by atomic mass is 10.1. The Morgan fingerprint density at radius 3 is 2.04 bits per heavy atom. The maximum atomic E-state index is 12.5. The third-order valence-corrected chi connectivity index (χ3v) is 6.79. The fourth-order valence-corrected chi connectivity index (χ4v) is 4.51. The number of hydrogen-bond donors (Lipinski definition) is 1. The van der Waals surface area contributed by atoms with E-state index in [0.717, 1.165) is 5.56 Å². The SMILES string of the molecule is CCN(CC)S(=O)(=O)c1ccc(C(=O)NCC(c2ccccc2)N(C)C)cc1. The molecule has 0 saturated heterocycles. The Balaban J connectivity index is 2.09. The van der Waals surface area contributed by atoms with Gasteiger partial charge >= 0.3 is 0 Å². The van der Waals surface area contributed by atoms with Crippen LogP contribution in [-0.2, 0) is 10.0 Å². The van der Waals surface area contributed by atoms with E-state index in [2.05, 4.69) is 10.2 Å². The van der Waals surface area contributed by atoms with Gasteiger partial charge in [0.05, 0.1) is 10.9 Å². The van der Waals surface area contributed by atoms with E-state index in [4.69, 9.17) is 0 Å². The summed E-state index contributed by atoms with van der Waals surface area (Å²) in [6.07, 6.45) is 0. The molecule has 0 spiro atoms. The Bertz CT molecular complexity index is 862. The van der Waals surface area contributed by atoms with Crippen molar-refractivity contribution < 1.29 is 13.2 Å². The summed E-state index contributed by atoms with van der Waals surface area (Å²) in [7, 11) is 0.416. The van der Waals surface area contributed by atoms with Gasteiger partial charge < -0.3 is 10.2 Å². The molecule has 0 aliphatic rings. The van der Waals surface area contributed by atoms with Crippen molar-refractivity contribution in [2.75, 3.05) is 33.7 Å². The van der Waals surface area contributed by atoms with Gasteiger partial charge in [0.2, 0.25) is 10.0 Å². The molecular formula is C21H29N3O3S. The van der Waals surface area contributed by atoms with Gasteiger partial charge in [-0.05, 0) is 43.9 Å². The van der Waals surface area contributed by atoms with Crippen LogP contribution in [0.5, 0.6) is 0 Å². The summed E-state index contributed by atoms with van der Waals surface area (Å²) in [4.78, 5) is 14.8. The van der Waals surface area contributed by atoms with Crippen LogP contribution < -0.4 is 5.32 Å². The smallest absolute Gasteiger partial charge is 0.251 e. The molecule has 1 N–H and O–H groups in total. The quantitative estimate of drug-likeness (QED) is 0.699. The second-order valence-electron chi connectivity index (χ2n) is 6.71. The first-order valence-electron chi connectivity index (χ1n) is 9.41. The van der Waals surface area contributed by atoms with Crippen molar-refractivity contribution >= 4 is 15.9 Å². The summed E-state index contributed by atoms with van der Waals surface area (Å²) >= 11 is 0. The van der Waals surface area contributed by atoms with Gasteiger partial charge in [-0.2, -0.15) is 4.31 Å². The van der Waals surface area contributed by atoms with Gasteiger partial charge in [0.1, 0.15) is 0 Å². The zero-order chi connectivity index (χ0) is 20.7. The number of nitrogens with one attached hydrogen (secondary N) is 1. The number of hydrogen-bond acceptors (Lipinski definition) is 4. The third kappa shape index (κ3) is 5.19. The van der Waals surface area contributed by atoms with Crippen LogP contribution in [0, 0.1) is 0 Å². The molecule has 2 aromatic rings. The van der Waals surface area contributed by atoms with Crippen molar-refractivity contribution in [3.05, 3.63) is 65.7 Å². The second-order valence-corrected chi connectivity index (χ2v) is 8.65. The zero-order valence-corrected chi connectivity index (χ0v) is 17.7. The minimum absolute atomic E-state index is 0.0486. The molecular weight excluding hydrogens is 374 g/mol. The Labute approximate surface area is 168 Å². The highest BCUT2D eigenvalue weighted by Crippen LogP contribution is 2.18. The minimum Gasteiger partial charge on any atom is -0.350 e. The first-order chi connectivity index (χ1) is 13.3. The topological polar surface area (TPSA) is 69.7 Å². The standard InChI is InChI=1S/C21H29N3O3S/c1-5-24(6-2)28(26,27)19-14-12-18(13-15-19)21(25)22-16-20(23(3)4)17-10-8-7-9-11-17/h7-15,20H,5-6,16H2,1-4H3,(H,22,25). The molecule has 2 rings (SSSR count). The molecule has 0 bridgehead atoms. The van der Waals surface area contributed by atoms with E-state index < -0.39 is 10.0 Å². The molecule has 0 saturated carbocycles. The lowest BCUT2D eigenvalue weighted by Gasteiger charge is -2.25. The van der Waals surface area contributed by atoms with Crippen LogP contribution in [0.25, 0.3) is 0 Å². The molecule has 0 aromatic heterocycles. The normalized spacial score (nSPS) is 12.9. The number of nitrogens with zero attached hydrogens (tertiary/aromatic N) is 2. The number of sulfonamides is 1. The van der Waals surface area contributed by atoms with Gasteiger partial charge in [0, 0.05) is 25.2 Å². The molecule has 0 heterocycles. The zero-order valence-electron chi connectivity index (χ0n) is 16.9. The van der Waals surface area contributed by atoms with Gasteiger partial charge in [-0.25, -0.2) is 8.42 Å². The molecule has 0 aliphatic heterocycles. The van der Waals surface area contributed by atoms with Gasteiger partial charge in [-0.15, -0.1) is 0 Å². The largest absolute Gasteiger partial charge is 0.350 e. The van der Waals surface area contributed by atoms with Crippen molar-refractivity contribution in [2.24, 2.45) is 0 Å². The van der Waals surface area contributed by atoms with E-state index in [1.165, 1.54) is 16.4 Å². The number of amides is 1. The maximum Gasteiger partial charge on any atom is 0.251 e. The summed E-state index contributed by atoms with van der Waals surface area (Å²) in [5, 5.41) is 2.94. The van der Waals surface area contributed by atoms with Crippen LogP contribution in [0.3, 0.4) is 0 Å². The highest BCUT2D eigenvalue weighted by Gasteiger charge is 2.22. The van der Waals surface area contributed by atoms with E-state index in [1.807, 2.05) is 44.4 Å². The summed E-state index contributed by atoms with van der Waals surface area (Å²) in [5.74, 6) is -0.227. The summed E-state index contributed by atoms with van der Waals surface area (Å²) in [5.41, 5.74) is 1.55. The van der Waals surface area contributed by atoms with Crippen molar-refractivity contribution in [1.29, 1.82) is 0 Å². The first-order valence-corrected chi connectivity index (χ1v) is 10.8. The van der Waals surface area contributed by atoms with E-state index in [1.54, 1.807) is 26.0 Å². The number of benzene rings is 2. The average molecular weight is 404 g/mol. The Kier molecular flexibility index (Phi) is 7.74. The fraction of sp³-hybridized carbons (Fsp3) is 0.381. The minimum atomic E-state index is -3.52. The fourth-order valence-electron chi connectivity index (χ4n) is 3.06. The number of carbonyl (C=O) groups excluding carboxylic acids is 1. The van der Waals surface area contributed by atoms with Gasteiger partial charge in [-0.1, -0.05) is 44.2 Å².